The Bertz CT molecular complexity index is 544. The molecule has 0 spiro atoms. The Hall–Kier alpha value is -1.75. The zero-order chi connectivity index (χ0) is 15.4. The molecule has 0 N–H and O–H groups in total. The Kier molecular flexibility index (Phi) is 5.07. The second-order valence-corrected chi connectivity index (χ2v) is 6.13. The summed E-state index contributed by atoms with van der Waals surface area (Å²) in [5, 5.41) is 0.0724. The highest BCUT2D eigenvalue weighted by Gasteiger charge is 2.39. The van der Waals surface area contributed by atoms with Crippen molar-refractivity contribution in [1.29, 1.82) is 0 Å². The number of rotatable bonds is 6. The summed E-state index contributed by atoms with van der Waals surface area (Å²) in [6.45, 7) is 6.98. The molecule has 1 amide bonds. The van der Waals surface area contributed by atoms with Crippen LogP contribution in [0.25, 0.3) is 0 Å². The van der Waals surface area contributed by atoms with Crippen LogP contribution in [0.15, 0.2) is 42.6 Å². The van der Waals surface area contributed by atoms with Crippen LogP contribution < -0.4 is 0 Å². The van der Waals surface area contributed by atoms with Gasteiger partial charge in [-0.2, -0.15) is 0 Å². The van der Waals surface area contributed by atoms with Crippen LogP contribution in [-0.2, 0) is 20.1 Å². The van der Waals surface area contributed by atoms with E-state index in [2.05, 4.69) is 18.7 Å². The molecule has 1 aliphatic rings. The van der Waals surface area contributed by atoms with Crippen molar-refractivity contribution < 1.29 is 14.3 Å². The third-order valence-electron chi connectivity index (χ3n) is 3.31. The highest BCUT2D eigenvalue weighted by Crippen LogP contribution is 2.35. The summed E-state index contributed by atoms with van der Waals surface area (Å²) < 4.78 is 5.09. The Balaban J connectivity index is 1.91. The molecule has 0 bridgehead atoms. The first-order chi connectivity index (χ1) is 9.99. The number of hydrogen-bond donors (Lipinski definition) is 0. The number of ether oxygens (including phenoxy) is 1. The predicted octanol–water partition coefficient (Wildman–Crippen LogP) is 2.94. The molecule has 1 aromatic carbocycles. The maximum absolute atomic E-state index is 11.8. The number of thioether (sulfide) groups is 1. The summed E-state index contributed by atoms with van der Waals surface area (Å²) in [5.41, 5.74) is 1.77. The van der Waals surface area contributed by atoms with Gasteiger partial charge in [0.15, 0.2) is 0 Å². The molecule has 2 atom stereocenters. The van der Waals surface area contributed by atoms with E-state index in [4.69, 9.17) is 4.74 Å². The summed E-state index contributed by atoms with van der Waals surface area (Å²) in [7, 11) is 0. The monoisotopic (exact) mass is 305 g/mol. The van der Waals surface area contributed by atoms with Crippen molar-refractivity contribution in [1.82, 2.24) is 4.90 Å². The second-order valence-electron chi connectivity index (χ2n) is 4.96. The van der Waals surface area contributed by atoms with Gasteiger partial charge in [-0.15, -0.1) is 11.8 Å². The minimum Gasteiger partial charge on any atom is -0.456 e. The van der Waals surface area contributed by atoms with Gasteiger partial charge in [0, 0.05) is 12.7 Å². The van der Waals surface area contributed by atoms with E-state index in [1.165, 1.54) is 12.5 Å². The van der Waals surface area contributed by atoms with E-state index in [1.807, 2.05) is 18.2 Å². The van der Waals surface area contributed by atoms with Gasteiger partial charge in [-0.3, -0.25) is 14.5 Å². The molecule has 1 aromatic rings. The first kappa shape index (κ1) is 15.6. The largest absolute Gasteiger partial charge is 0.456 e. The molecule has 21 heavy (non-hydrogen) atoms. The van der Waals surface area contributed by atoms with Crippen molar-refractivity contribution in [2.45, 2.75) is 37.5 Å². The van der Waals surface area contributed by atoms with Crippen LogP contribution in [-0.4, -0.2) is 28.3 Å². The lowest BCUT2D eigenvalue weighted by atomic mass is 10.1. The standard InChI is InChI=1S/C16H19NO3S/c1-11(12(2)20-13(3)18)17-15(19)9-16(17)21-10-14-7-5-4-6-8-14/h4-8,12,16H,1,9-10H2,2-3H3. The van der Waals surface area contributed by atoms with Crippen LogP contribution in [0.3, 0.4) is 0 Å². The molecule has 1 heterocycles. The van der Waals surface area contributed by atoms with Gasteiger partial charge >= 0.3 is 5.97 Å². The van der Waals surface area contributed by atoms with E-state index in [0.717, 1.165) is 5.75 Å². The van der Waals surface area contributed by atoms with Gasteiger partial charge in [-0.1, -0.05) is 36.9 Å². The number of amides is 1. The van der Waals surface area contributed by atoms with Crippen molar-refractivity contribution in [3.8, 4) is 0 Å². The van der Waals surface area contributed by atoms with E-state index in [0.29, 0.717) is 12.1 Å². The van der Waals surface area contributed by atoms with Crippen LogP contribution in [0.5, 0.6) is 0 Å². The zero-order valence-corrected chi connectivity index (χ0v) is 13.1. The molecule has 112 valence electrons. The number of carbonyl (C=O) groups excluding carboxylic acids is 2. The Morgan fingerprint density at radius 2 is 2.14 bits per heavy atom. The van der Waals surface area contributed by atoms with Crippen molar-refractivity contribution >= 4 is 23.6 Å². The number of carbonyl (C=O) groups is 2. The van der Waals surface area contributed by atoms with Crippen LogP contribution in [0.4, 0.5) is 0 Å². The summed E-state index contributed by atoms with van der Waals surface area (Å²) in [6, 6.07) is 10.1. The van der Waals surface area contributed by atoms with Crippen molar-refractivity contribution in [2.75, 3.05) is 0 Å². The molecule has 1 aliphatic heterocycles. The fraction of sp³-hybridized carbons (Fsp3) is 0.375. The number of likely N-dealkylation sites (tertiary alicyclic amines) is 1. The van der Waals surface area contributed by atoms with Crippen molar-refractivity contribution in [3.05, 3.63) is 48.2 Å². The average Bonchev–Trinajstić information content (AvgIpc) is 2.43. The fourth-order valence-electron chi connectivity index (χ4n) is 2.15. The molecular weight excluding hydrogens is 286 g/mol. The summed E-state index contributed by atoms with van der Waals surface area (Å²) >= 11 is 1.70. The third-order valence-corrected chi connectivity index (χ3v) is 4.57. The SMILES string of the molecule is C=C(C(C)OC(C)=O)N1C(=O)CC1SCc1ccccc1. The van der Waals surface area contributed by atoms with Crippen molar-refractivity contribution in [2.24, 2.45) is 0 Å². The van der Waals surface area contributed by atoms with Gasteiger partial charge in [0.25, 0.3) is 0 Å². The van der Waals surface area contributed by atoms with Crippen LogP contribution in [0.2, 0.25) is 0 Å². The number of benzene rings is 1. The highest BCUT2D eigenvalue weighted by molar-refractivity contribution is 7.99. The van der Waals surface area contributed by atoms with Crippen LogP contribution in [0.1, 0.15) is 25.8 Å². The summed E-state index contributed by atoms with van der Waals surface area (Å²) in [5.74, 6) is 0.500. The lowest BCUT2D eigenvalue weighted by Crippen LogP contribution is -2.51. The number of nitrogens with zero attached hydrogens (tertiary/aromatic N) is 1. The van der Waals surface area contributed by atoms with Crippen LogP contribution >= 0.6 is 11.8 Å². The van der Waals surface area contributed by atoms with E-state index in [9.17, 15) is 9.59 Å². The molecule has 2 unspecified atom stereocenters. The zero-order valence-electron chi connectivity index (χ0n) is 12.2. The first-order valence-electron chi connectivity index (χ1n) is 6.82. The molecule has 0 radical (unpaired) electrons. The molecule has 5 heteroatoms. The van der Waals surface area contributed by atoms with E-state index >= 15 is 0 Å². The Morgan fingerprint density at radius 1 is 1.48 bits per heavy atom. The van der Waals surface area contributed by atoms with Crippen molar-refractivity contribution in [3.63, 3.8) is 0 Å². The molecular formula is C16H19NO3S. The highest BCUT2D eigenvalue weighted by atomic mass is 32.2. The average molecular weight is 305 g/mol. The first-order valence-corrected chi connectivity index (χ1v) is 7.87. The normalized spacial score (nSPS) is 18.9. The summed E-state index contributed by atoms with van der Waals surface area (Å²) in [4.78, 5) is 24.4. The lowest BCUT2D eigenvalue weighted by Gasteiger charge is -2.42. The molecule has 2 rings (SSSR count). The Morgan fingerprint density at radius 3 is 2.71 bits per heavy atom. The van der Waals surface area contributed by atoms with Crippen LogP contribution in [0, 0.1) is 0 Å². The molecule has 0 aliphatic carbocycles. The summed E-state index contributed by atoms with van der Waals surface area (Å²) in [6.07, 6.45) is 0.0233. The number of hydrogen-bond acceptors (Lipinski definition) is 4. The number of β-lactam (4-membered cyclic amide) rings is 1. The molecule has 0 aromatic heterocycles. The third kappa shape index (κ3) is 3.88. The maximum Gasteiger partial charge on any atom is 0.303 e. The van der Waals surface area contributed by atoms with Gasteiger partial charge in [0.2, 0.25) is 5.91 Å². The minimum atomic E-state index is -0.480. The Labute approximate surface area is 129 Å². The minimum absolute atomic E-state index is 0.0320. The molecule has 1 fully saturated rings. The van der Waals surface area contributed by atoms with Gasteiger partial charge in [-0.05, 0) is 12.5 Å². The predicted molar refractivity (Wildman–Crippen MR) is 83.4 cm³/mol. The van der Waals surface area contributed by atoms with E-state index in [1.54, 1.807) is 23.6 Å². The number of esters is 1. The topological polar surface area (TPSA) is 46.6 Å². The second kappa shape index (κ2) is 6.80. The van der Waals surface area contributed by atoms with Gasteiger partial charge in [0.05, 0.1) is 17.5 Å². The molecule has 0 saturated carbocycles. The lowest BCUT2D eigenvalue weighted by molar-refractivity contribution is -0.148. The maximum atomic E-state index is 11.8. The smallest absolute Gasteiger partial charge is 0.303 e. The van der Waals surface area contributed by atoms with E-state index in [-0.39, 0.29) is 17.3 Å². The molecule has 4 nitrogen and oxygen atoms in total. The van der Waals surface area contributed by atoms with E-state index < -0.39 is 6.10 Å². The molecule has 1 saturated heterocycles. The quantitative estimate of drug-likeness (QED) is 0.599. The fourth-order valence-corrected chi connectivity index (χ4v) is 3.39. The van der Waals surface area contributed by atoms with Gasteiger partial charge in [0.1, 0.15) is 6.10 Å². The van der Waals surface area contributed by atoms with Gasteiger partial charge < -0.3 is 4.74 Å². The van der Waals surface area contributed by atoms with Gasteiger partial charge in [-0.25, -0.2) is 0 Å².